The Morgan fingerprint density at radius 2 is 1.95 bits per heavy atom. The number of aliphatic carboxylic acids is 1. The SMILES string of the molecule is Cc1oc(S(=O)(=O)N(C)C)cc1C(=O)NC1(C(=O)O)CCC1. The van der Waals surface area contributed by atoms with Crippen LogP contribution in [-0.4, -0.2) is 49.3 Å². The zero-order chi connectivity index (χ0) is 16.7. The summed E-state index contributed by atoms with van der Waals surface area (Å²) in [5, 5.41) is 11.3. The van der Waals surface area contributed by atoms with Crippen LogP contribution in [0.15, 0.2) is 15.6 Å². The Bertz CT molecular complexity index is 715. The number of carbonyl (C=O) groups excluding carboxylic acids is 1. The van der Waals surface area contributed by atoms with Crippen molar-refractivity contribution in [1.82, 2.24) is 9.62 Å². The molecule has 1 aromatic rings. The molecule has 2 rings (SSSR count). The summed E-state index contributed by atoms with van der Waals surface area (Å²) in [6, 6.07) is 1.12. The highest BCUT2D eigenvalue weighted by atomic mass is 32.2. The quantitative estimate of drug-likeness (QED) is 0.815. The van der Waals surface area contributed by atoms with Crippen molar-refractivity contribution < 1.29 is 27.5 Å². The van der Waals surface area contributed by atoms with Crippen LogP contribution in [0.25, 0.3) is 0 Å². The molecule has 0 radical (unpaired) electrons. The zero-order valence-electron chi connectivity index (χ0n) is 12.5. The van der Waals surface area contributed by atoms with E-state index in [4.69, 9.17) is 4.42 Å². The molecule has 0 saturated heterocycles. The number of hydrogen-bond acceptors (Lipinski definition) is 5. The Morgan fingerprint density at radius 3 is 2.36 bits per heavy atom. The van der Waals surface area contributed by atoms with E-state index in [0.29, 0.717) is 12.8 Å². The summed E-state index contributed by atoms with van der Waals surface area (Å²) < 4.78 is 30.1. The van der Waals surface area contributed by atoms with E-state index in [-0.39, 0.29) is 16.4 Å². The van der Waals surface area contributed by atoms with Crippen LogP contribution in [0.4, 0.5) is 0 Å². The fraction of sp³-hybridized carbons (Fsp3) is 0.538. The van der Waals surface area contributed by atoms with E-state index in [9.17, 15) is 23.1 Å². The zero-order valence-corrected chi connectivity index (χ0v) is 13.4. The molecule has 22 heavy (non-hydrogen) atoms. The maximum Gasteiger partial charge on any atom is 0.329 e. The van der Waals surface area contributed by atoms with Crippen molar-refractivity contribution >= 4 is 21.9 Å². The maximum atomic E-state index is 12.2. The molecular weight excluding hydrogens is 312 g/mol. The van der Waals surface area contributed by atoms with Crippen molar-refractivity contribution in [1.29, 1.82) is 0 Å². The van der Waals surface area contributed by atoms with Gasteiger partial charge in [0.2, 0.25) is 5.09 Å². The van der Waals surface area contributed by atoms with Crippen LogP contribution in [0.1, 0.15) is 35.4 Å². The predicted octanol–water partition coefficient (Wildman–Crippen LogP) is 0.575. The molecule has 0 atom stereocenters. The molecule has 0 spiro atoms. The molecule has 0 bridgehead atoms. The number of hydrogen-bond donors (Lipinski definition) is 2. The van der Waals surface area contributed by atoms with E-state index >= 15 is 0 Å². The highest BCUT2D eigenvalue weighted by Crippen LogP contribution is 2.33. The highest BCUT2D eigenvalue weighted by molar-refractivity contribution is 7.88. The number of sulfonamides is 1. The van der Waals surface area contributed by atoms with Gasteiger partial charge >= 0.3 is 5.97 Å². The lowest BCUT2D eigenvalue weighted by atomic mass is 9.76. The van der Waals surface area contributed by atoms with E-state index in [0.717, 1.165) is 16.8 Å². The van der Waals surface area contributed by atoms with E-state index in [2.05, 4.69) is 5.32 Å². The Morgan fingerprint density at radius 1 is 1.36 bits per heavy atom. The molecular formula is C13H18N2O6S. The first kappa shape index (κ1) is 16.5. The molecule has 0 aromatic carbocycles. The van der Waals surface area contributed by atoms with Gasteiger partial charge in [-0.05, 0) is 26.2 Å². The lowest BCUT2D eigenvalue weighted by Crippen LogP contribution is -2.59. The van der Waals surface area contributed by atoms with Gasteiger partial charge in [0.05, 0.1) is 5.56 Å². The highest BCUT2D eigenvalue weighted by Gasteiger charge is 2.46. The monoisotopic (exact) mass is 330 g/mol. The van der Waals surface area contributed by atoms with Crippen LogP contribution >= 0.6 is 0 Å². The minimum Gasteiger partial charge on any atom is -0.480 e. The largest absolute Gasteiger partial charge is 0.480 e. The Balaban J connectivity index is 2.29. The van der Waals surface area contributed by atoms with Crippen molar-refractivity contribution in [2.45, 2.75) is 36.8 Å². The van der Waals surface area contributed by atoms with Crippen molar-refractivity contribution in [2.75, 3.05) is 14.1 Å². The van der Waals surface area contributed by atoms with Gasteiger partial charge in [-0.2, -0.15) is 0 Å². The molecule has 1 aliphatic carbocycles. The van der Waals surface area contributed by atoms with E-state index < -0.39 is 27.4 Å². The average Bonchev–Trinajstić information content (AvgIpc) is 2.75. The Hall–Kier alpha value is -1.87. The molecule has 1 fully saturated rings. The second-order valence-corrected chi connectivity index (χ2v) is 7.60. The minimum atomic E-state index is -3.79. The summed E-state index contributed by atoms with van der Waals surface area (Å²) in [6.45, 7) is 1.46. The van der Waals surface area contributed by atoms with Gasteiger partial charge in [-0.1, -0.05) is 0 Å². The van der Waals surface area contributed by atoms with E-state index in [1.54, 1.807) is 0 Å². The van der Waals surface area contributed by atoms with Crippen LogP contribution in [0.2, 0.25) is 0 Å². The first-order valence-electron chi connectivity index (χ1n) is 6.69. The molecule has 0 aliphatic heterocycles. The lowest BCUT2D eigenvalue weighted by Gasteiger charge is -2.38. The minimum absolute atomic E-state index is 0.0212. The summed E-state index contributed by atoms with van der Waals surface area (Å²) >= 11 is 0. The second kappa shape index (κ2) is 5.40. The lowest BCUT2D eigenvalue weighted by molar-refractivity contribution is -0.148. The number of nitrogens with zero attached hydrogens (tertiary/aromatic N) is 1. The smallest absolute Gasteiger partial charge is 0.329 e. The van der Waals surface area contributed by atoms with Crippen molar-refractivity contribution in [3.8, 4) is 0 Å². The third-order valence-corrected chi connectivity index (χ3v) is 5.52. The summed E-state index contributed by atoms with van der Waals surface area (Å²) in [4.78, 5) is 23.5. The van der Waals surface area contributed by atoms with Crippen LogP contribution in [0, 0.1) is 6.92 Å². The van der Waals surface area contributed by atoms with Gasteiger partial charge in [0, 0.05) is 20.2 Å². The fourth-order valence-electron chi connectivity index (χ4n) is 2.19. The van der Waals surface area contributed by atoms with Gasteiger partial charge in [-0.15, -0.1) is 0 Å². The molecule has 1 saturated carbocycles. The molecule has 1 amide bonds. The van der Waals surface area contributed by atoms with Gasteiger partial charge in [-0.3, -0.25) is 4.79 Å². The number of carbonyl (C=O) groups is 2. The number of rotatable bonds is 5. The van der Waals surface area contributed by atoms with Crippen molar-refractivity contribution in [3.63, 3.8) is 0 Å². The average molecular weight is 330 g/mol. The second-order valence-electron chi connectivity index (χ2n) is 5.52. The van der Waals surface area contributed by atoms with E-state index in [1.807, 2.05) is 0 Å². The molecule has 0 unspecified atom stereocenters. The molecule has 122 valence electrons. The third kappa shape index (κ3) is 2.61. The summed E-state index contributed by atoms with van der Waals surface area (Å²) in [6.07, 6.45) is 1.43. The van der Waals surface area contributed by atoms with Gasteiger partial charge in [-0.25, -0.2) is 17.5 Å². The first-order valence-corrected chi connectivity index (χ1v) is 8.13. The predicted molar refractivity (Wildman–Crippen MR) is 76.0 cm³/mol. The molecule has 2 N–H and O–H groups in total. The number of carboxylic acid groups (broad SMARTS) is 1. The van der Waals surface area contributed by atoms with Crippen LogP contribution < -0.4 is 5.32 Å². The Labute approximate surface area is 128 Å². The van der Waals surface area contributed by atoms with Crippen LogP contribution in [0.5, 0.6) is 0 Å². The van der Waals surface area contributed by atoms with Gasteiger partial charge in [0.1, 0.15) is 11.3 Å². The van der Waals surface area contributed by atoms with Crippen molar-refractivity contribution in [2.24, 2.45) is 0 Å². The molecule has 1 aromatic heterocycles. The van der Waals surface area contributed by atoms with Gasteiger partial charge in [0.25, 0.3) is 15.9 Å². The number of amides is 1. The molecule has 1 heterocycles. The Kier molecular flexibility index (Phi) is 4.05. The van der Waals surface area contributed by atoms with Crippen molar-refractivity contribution in [3.05, 3.63) is 17.4 Å². The topological polar surface area (TPSA) is 117 Å². The van der Waals surface area contributed by atoms with Crippen LogP contribution in [0.3, 0.4) is 0 Å². The maximum absolute atomic E-state index is 12.2. The van der Waals surface area contributed by atoms with Gasteiger partial charge < -0.3 is 14.8 Å². The molecule has 9 heteroatoms. The number of furan rings is 1. The number of carboxylic acids is 1. The third-order valence-electron chi connectivity index (χ3n) is 3.84. The summed E-state index contributed by atoms with van der Waals surface area (Å²) in [5.41, 5.74) is -1.24. The normalized spacial score (nSPS) is 17.1. The van der Waals surface area contributed by atoms with Gasteiger partial charge in [0.15, 0.2) is 0 Å². The first-order chi connectivity index (χ1) is 10.1. The number of aryl methyl sites for hydroxylation is 1. The number of nitrogens with one attached hydrogen (secondary N) is 1. The molecule has 8 nitrogen and oxygen atoms in total. The fourth-order valence-corrected chi connectivity index (χ4v) is 3.05. The standard InChI is InChI=1S/C13H18N2O6S/c1-8-9(7-10(21-8)22(19,20)15(2)3)11(16)14-13(12(17)18)5-4-6-13/h7H,4-6H2,1-3H3,(H,14,16)(H,17,18). The summed E-state index contributed by atoms with van der Waals surface area (Å²) in [5.74, 6) is -1.62. The van der Waals surface area contributed by atoms with E-state index in [1.165, 1.54) is 21.0 Å². The van der Waals surface area contributed by atoms with Crippen LogP contribution in [-0.2, 0) is 14.8 Å². The molecule has 1 aliphatic rings. The summed E-state index contributed by atoms with van der Waals surface area (Å²) in [7, 11) is -1.10.